The standard InChI is InChI=1S/C13H15N5O8/c14-9-5-10(16-2-15-9)18(3-17-5)11-7(20)6(19)4(26-11)1-25-8(12(21)22)13(23)24/h2-4,6-8,11,19-20H,1H2,(H,21,22)(H,23,24)(H2,14,15,16)/t4-,6-,7-,11-/m1/s1. The lowest BCUT2D eigenvalue weighted by Crippen LogP contribution is -2.39. The first-order chi connectivity index (χ1) is 12.3. The summed E-state index contributed by atoms with van der Waals surface area (Å²) >= 11 is 0. The highest BCUT2D eigenvalue weighted by molar-refractivity contribution is 5.96. The van der Waals surface area contributed by atoms with E-state index < -0.39 is 49.2 Å². The van der Waals surface area contributed by atoms with Gasteiger partial charge in [0.05, 0.1) is 12.9 Å². The fraction of sp³-hybridized carbons (Fsp3) is 0.462. The van der Waals surface area contributed by atoms with Crippen LogP contribution in [0.2, 0.25) is 0 Å². The molecule has 1 aliphatic rings. The molecule has 1 saturated heterocycles. The van der Waals surface area contributed by atoms with E-state index in [0.717, 1.165) is 0 Å². The van der Waals surface area contributed by atoms with Gasteiger partial charge in [-0.25, -0.2) is 24.5 Å². The Kier molecular flexibility index (Phi) is 4.69. The second-order valence-corrected chi connectivity index (χ2v) is 5.52. The average molecular weight is 369 g/mol. The molecule has 0 radical (unpaired) electrons. The van der Waals surface area contributed by atoms with Crippen LogP contribution in [0.25, 0.3) is 11.2 Å². The third-order valence-electron chi connectivity index (χ3n) is 3.87. The van der Waals surface area contributed by atoms with E-state index in [0.29, 0.717) is 0 Å². The van der Waals surface area contributed by atoms with Crippen molar-refractivity contribution in [1.29, 1.82) is 0 Å². The minimum Gasteiger partial charge on any atom is -0.479 e. The minimum atomic E-state index is -2.12. The van der Waals surface area contributed by atoms with Crippen molar-refractivity contribution in [3.05, 3.63) is 12.7 Å². The third-order valence-corrected chi connectivity index (χ3v) is 3.87. The van der Waals surface area contributed by atoms with E-state index in [2.05, 4.69) is 15.0 Å². The molecule has 2 aromatic rings. The highest BCUT2D eigenvalue weighted by Crippen LogP contribution is 2.32. The Morgan fingerprint density at radius 3 is 2.58 bits per heavy atom. The lowest BCUT2D eigenvalue weighted by molar-refractivity contribution is -0.170. The number of carboxylic acids is 2. The van der Waals surface area contributed by atoms with Gasteiger partial charge >= 0.3 is 11.9 Å². The molecule has 3 rings (SSSR count). The predicted octanol–water partition coefficient (Wildman–Crippen LogP) is -2.42. The maximum atomic E-state index is 10.8. The molecule has 1 fully saturated rings. The van der Waals surface area contributed by atoms with E-state index in [9.17, 15) is 19.8 Å². The summed E-state index contributed by atoms with van der Waals surface area (Å²) in [6.45, 7) is -0.568. The maximum absolute atomic E-state index is 10.8. The van der Waals surface area contributed by atoms with Crippen LogP contribution in [0.3, 0.4) is 0 Å². The molecule has 0 aliphatic carbocycles. The van der Waals surface area contributed by atoms with Gasteiger partial charge in [0.1, 0.15) is 30.2 Å². The van der Waals surface area contributed by atoms with Crippen LogP contribution in [0.1, 0.15) is 6.23 Å². The first-order valence-electron chi connectivity index (χ1n) is 7.33. The molecule has 1 aliphatic heterocycles. The second kappa shape index (κ2) is 6.80. The summed E-state index contributed by atoms with van der Waals surface area (Å²) in [6, 6.07) is 0. The van der Waals surface area contributed by atoms with E-state index in [-0.39, 0.29) is 17.0 Å². The summed E-state index contributed by atoms with van der Waals surface area (Å²) in [5, 5.41) is 37.9. The van der Waals surface area contributed by atoms with E-state index in [4.69, 9.17) is 25.4 Å². The largest absolute Gasteiger partial charge is 0.479 e. The first-order valence-corrected chi connectivity index (χ1v) is 7.33. The van der Waals surface area contributed by atoms with Gasteiger partial charge in [0.25, 0.3) is 6.10 Å². The molecule has 6 N–H and O–H groups in total. The Hall–Kier alpha value is -2.87. The number of aliphatic carboxylic acids is 2. The van der Waals surface area contributed by atoms with Crippen LogP contribution in [0.15, 0.2) is 12.7 Å². The molecule has 0 aromatic carbocycles. The van der Waals surface area contributed by atoms with Gasteiger partial charge in [0, 0.05) is 0 Å². The van der Waals surface area contributed by atoms with Gasteiger partial charge in [-0.05, 0) is 0 Å². The van der Waals surface area contributed by atoms with Gasteiger partial charge < -0.3 is 35.6 Å². The number of nitrogens with zero attached hydrogens (tertiary/aromatic N) is 4. The zero-order chi connectivity index (χ0) is 19.0. The maximum Gasteiger partial charge on any atom is 0.344 e. The number of imidazole rings is 1. The number of fused-ring (bicyclic) bond motifs is 1. The number of rotatable bonds is 6. The number of nitrogens with two attached hydrogens (primary N) is 1. The highest BCUT2D eigenvalue weighted by atomic mass is 16.6. The quantitative estimate of drug-likeness (QED) is 0.338. The van der Waals surface area contributed by atoms with Gasteiger partial charge in [-0.1, -0.05) is 0 Å². The van der Waals surface area contributed by atoms with Crippen LogP contribution in [0, 0.1) is 0 Å². The molecular weight excluding hydrogens is 354 g/mol. The Labute approximate surface area is 144 Å². The summed E-state index contributed by atoms with van der Waals surface area (Å²) in [5.74, 6) is -3.28. The van der Waals surface area contributed by atoms with E-state index in [1.54, 1.807) is 0 Å². The molecule has 0 amide bonds. The number of aromatic nitrogens is 4. The fourth-order valence-corrected chi connectivity index (χ4v) is 2.59. The third kappa shape index (κ3) is 3.03. The molecule has 26 heavy (non-hydrogen) atoms. The summed E-state index contributed by atoms with van der Waals surface area (Å²) in [7, 11) is 0. The molecule has 13 nitrogen and oxygen atoms in total. The van der Waals surface area contributed by atoms with E-state index >= 15 is 0 Å². The van der Waals surface area contributed by atoms with Crippen LogP contribution in [-0.2, 0) is 19.1 Å². The highest BCUT2D eigenvalue weighted by Gasteiger charge is 2.45. The number of hydrogen-bond acceptors (Lipinski definition) is 10. The van der Waals surface area contributed by atoms with Gasteiger partial charge in [-0.15, -0.1) is 0 Å². The first kappa shape index (κ1) is 17.9. The predicted molar refractivity (Wildman–Crippen MR) is 80.7 cm³/mol. The van der Waals surface area contributed by atoms with Crippen molar-refractivity contribution in [2.45, 2.75) is 30.6 Å². The van der Waals surface area contributed by atoms with Crippen LogP contribution < -0.4 is 5.73 Å². The van der Waals surface area contributed by atoms with Crippen molar-refractivity contribution in [1.82, 2.24) is 19.5 Å². The van der Waals surface area contributed by atoms with Crippen molar-refractivity contribution in [3.8, 4) is 0 Å². The SMILES string of the molecule is Nc1ncnc2c1ncn2[C@@H]1O[C@H](COC(C(=O)O)C(=O)O)[C@@H](O)[C@H]1O. The Morgan fingerprint density at radius 1 is 1.23 bits per heavy atom. The molecule has 0 bridgehead atoms. The number of anilines is 1. The number of nitrogen functional groups attached to an aromatic ring is 1. The molecule has 140 valence electrons. The Balaban J connectivity index is 1.78. The molecule has 3 heterocycles. The van der Waals surface area contributed by atoms with Crippen LogP contribution in [0.4, 0.5) is 5.82 Å². The number of hydrogen-bond donors (Lipinski definition) is 5. The normalized spacial score (nSPS) is 25.8. The summed E-state index contributed by atoms with van der Waals surface area (Å²) in [5.41, 5.74) is 6.21. The molecular formula is C13H15N5O8. The lowest BCUT2D eigenvalue weighted by atomic mass is 10.1. The van der Waals surface area contributed by atoms with Crippen molar-refractivity contribution >= 4 is 28.9 Å². The monoisotopic (exact) mass is 369 g/mol. The fourth-order valence-electron chi connectivity index (χ4n) is 2.59. The molecule has 0 saturated carbocycles. The van der Waals surface area contributed by atoms with Crippen molar-refractivity contribution in [2.75, 3.05) is 12.3 Å². The number of carbonyl (C=O) groups is 2. The summed E-state index contributed by atoms with van der Waals surface area (Å²) in [4.78, 5) is 33.5. The van der Waals surface area contributed by atoms with E-state index in [1.807, 2.05) is 0 Å². The van der Waals surface area contributed by atoms with Gasteiger partial charge in [0.15, 0.2) is 17.7 Å². The number of carboxylic acid groups (broad SMARTS) is 2. The molecule has 4 atom stereocenters. The Bertz CT molecular complexity index is 827. The molecule has 0 unspecified atom stereocenters. The topological polar surface area (TPSA) is 203 Å². The zero-order valence-electron chi connectivity index (χ0n) is 13.0. The zero-order valence-corrected chi connectivity index (χ0v) is 13.0. The second-order valence-electron chi connectivity index (χ2n) is 5.52. The van der Waals surface area contributed by atoms with Crippen molar-refractivity contribution in [2.24, 2.45) is 0 Å². The van der Waals surface area contributed by atoms with Gasteiger partial charge in [-0.2, -0.15) is 0 Å². The minimum absolute atomic E-state index is 0.118. The van der Waals surface area contributed by atoms with Crippen LogP contribution >= 0.6 is 0 Å². The van der Waals surface area contributed by atoms with Crippen molar-refractivity contribution < 1.29 is 39.5 Å². The number of ether oxygens (including phenoxy) is 2. The summed E-state index contributed by atoms with van der Waals surface area (Å²) < 4.78 is 11.6. The molecule has 2 aromatic heterocycles. The van der Waals surface area contributed by atoms with Crippen molar-refractivity contribution in [3.63, 3.8) is 0 Å². The van der Waals surface area contributed by atoms with Gasteiger partial charge in [0.2, 0.25) is 0 Å². The van der Waals surface area contributed by atoms with Crippen LogP contribution in [-0.4, -0.2) is 82.9 Å². The number of aliphatic hydroxyl groups excluding tert-OH is 2. The molecule has 0 spiro atoms. The smallest absolute Gasteiger partial charge is 0.344 e. The molecule has 13 heteroatoms. The van der Waals surface area contributed by atoms with Gasteiger partial charge in [-0.3, -0.25) is 4.57 Å². The van der Waals surface area contributed by atoms with Crippen LogP contribution in [0.5, 0.6) is 0 Å². The lowest BCUT2D eigenvalue weighted by Gasteiger charge is -2.17. The van der Waals surface area contributed by atoms with E-state index in [1.165, 1.54) is 17.2 Å². The summed E-state index contributed by atoms with van der Waals surface area (Å²) in [6.07, 6.45) is -4.82. The Morgan fingerprint density at radius 2 is 1.92 bits per heavy atom. The number of aliphatic hydroxyl groups is 2. The average Bonchev–Trinajstić information content (AvgIpc) is 3.11.